The molecule has 142 valence electrons. The van der Waals surface area contributed by atoms with Crippen molar-refractivity contribution < 1.29 is 9.47 Å². The van der Waals surface area contributed by atoms with Gasteiger partial charge in [0.15, 0.2) is 5.96 Å². The summed E-state index contributed by atoms with van der Waals surface area (Å²) >= 11 is 3.49. The van der Waals surface area contributed by atoms with Gasteiger partial charge in [-0.25, -0.2) is 4.98 Å². The van der Waals surface area contributed by atoms with Gasteiger partial charge in [0.1, 0.15) is 4.34 Å². The number of aromatic nitrogens is 1. The Morgan fingerprint density at radius 3 is 3.20 bits per heavy atom. The summed E-state index contributed by atoms with van der Waals surface area (Å²) in [6.45, 7) is 7.02. The molecule has 0 aliphatic carbocycles. The highest BCUT2D eigenvalue weighted by molar-refractivity contribution is 8.00. The molecule has 8 heteroatoms. The van der Waals surface area contributed by atoms with E-state index in [2.05, 4.69) is 27.5 Å². The monoisotopic (exact) mass is 386 g/mol. The molecular formula is C17H30N4O2S2. The Balaban J connectivity index is 1.49. The first kappa shape index (κ1) is 20.5. The molecule has 1 fully saturated rings. The molecule has 0 radical (unpaired) electrons. The summed E-state index contributed by atoms with van der Waals surface area (Å²) in [7, 11) is 0. The molecule has 2 N–H and O–H groups in total. The van der Waals surface area contributed by atoms with Crippen LogP contribution in [0.1, 0.15) is 32.6 Å². The van der Waals surface area contributed by atoms with Crippen LogP contribution in [0.2, 0.25) is 0 Å². The molecule has 1 aromatic rings. The predicted octanol–water partition coefficient (Wildman–Crippen LogP) is 2.77. The lowest BCUT2D eigenvalue weighted by atomic mass is 10.2. The van der Waals surface area contributed by atoms with Crippen molar-refractivity contribution in [2.45, 2.75) is 43.1 Å². The van der Waals surface area contributed by atoms with E-state index in [0.717, 1.165) is 74.8 Å². The summed E-state index contributed by atoms with van der Waals surface area (Å²) in [6, 6.07) is 0. The topological polar surface area (TPSA) is 67.8 Å². The summed E-state index contributed by atoms with van der Waals surface area (Å²) in [5.74, 6) is 1.94. The molecule has 1 aliphatic rings. The van der Waals surface area contributed by atoms with Crippen molar-refractivity contribution in [3.8, 4) is 0 Å². The molecule has 1 aliphatic heterocycles. The number of guanidine groups is 1. The zero-order valence-corrected chi connectivity index (χ0v) is 16.7. The van der Waals surface area contributed by atoms with Gasteiger partial charge in [0.2, 0.25) is 0 Å². The number of rotatable bonds is 12. The van der Waals surface area contributed by atoms with Gasteiger partial charge in [-0.15, -0.1) is 11.3 Å². The summed E-state index contributed by atoms with van der Waals surface area (Å²) in [5.41, 5.74) is 0. The van der Waals surface area contributed by atoms with Crippen molar-refractivity contribution in [2.75, 3.05) is 45.2 Å². The van der Waals surface area contributed by atoms with Crippen molar-refractivity contribution in [1.29, 1.82) is 0 Å². The van der Waals surface area contributed by atoms with Crippen LogP contribution in [0, 0.1) is 0 Å². The highest BCUT2D eigenvalue weighted by atomic mass is 32.2. The van der Waals surface area contributed by atoms with E-state index in [0.29, 0.717) is 6.10 Å². The van der Waals surface area contributed by atoms with Crippen LogP contribution in [0.25, 0.3) is 0 Å². The summed E-state index contributed by atoms with van der Waals surface area (Å²) in [4.78, 5) is 8.89. The zero-order chi connectivity index (χ0) is 17.6. The quantitative estimate of drug-likeness (QED) is 0.249. The van der Waals surface area contributed by atoms with Crippen molar-refractivity contribution >= 4 is 29.1 Å². The molecule has 0 saturated carbocycles. The Bertz CT molecular complexity index is 465. The second-order valence-electron chi connectivity index (χ2n) is 5.75. The maximum atomic E-state index is 5.67. The van der Waals surface area contributed by atoms with Crippen molar-refractivity contribution in [3.05, 3.63) is 11.6 Å². The molecular weight excluding hydrogens is 356 g/mol. The number of nitrogens with one attached hydrogen (secondary N) is 2. The zero-order valence-electron chi connectivity index (χ0n) is 15.0. The van der Waals surface area contributed by atoms with E-state index in [1.165, 1.54) is 6.42 Å². The largest absolute Gasteiger partial charge is 0.379 e. The molecule has 2 rings (SSSR count). The van der Waals surface area contributed by atoms with Gasteiger partial charge >= 0.3 is 0 Å². The smallest absolute Gasteiger partial charge is 0.191 e. The molecule has 1 saturated heterocycles. The standard InChI is InChI=1S/C17H30N4O2S2/c1-2-18-16(20-8-5-12-24-17-21-9-13-25-17)19-7-4-10-22-14-15-6-3-11-23-15/h9,13,15H,2-8,10-12,14H2,1H3,(H2,18,19,20). The number of hydrogen-bond acceptors (Lipinski definition) is 6. The molecule has 0 aromatic carbocycles. The Hall–Kier alpha value is -0.830. The van der Waals surface area contributed by atoms with Crippen LogP contribution in [0.15, 0.2) is 20.9 Å². The van der Waals surface area contributed by atoms with E-state index in [9.17, 15) is 0 Å². The van der Waals surface area contributed by atoms with Gasteiger partial charge in [0.05, 0.1) is 12.7 Å². The number of nitrogens with zero attached hydrogens (tertiary/aromatic N) is 2. The third-order valence-electron chi connectivity index (χ3n) is 3.64. The molecule has 25 heavy (non-hydrogen) atoms. The molecule has 1 atom stereocenters. The van der Waals surface area contributed by atoms with E-state index in [1.807, 2.05) is 11.6 Å². The van der Waals surface area contributed by atoms with Gasteiger partial charge in [-0.1, -0.05) is 11.8 Å². The minimum atomic E-state index is 0.314. The fraction of sp³-hybridized carbons (Fsp3) is 0.765. The van der Waals surface area contributed by atoms with Crippen LogP contribution in [0.4, 0.5) is 0 Å². The van der Waals surface area contributed by atoms with Crippen molar-refractivity contribution in [1.82, 2.24) is 15.6 Å². The van der Waals surface area contributed by atoms with E-state index >= 15 is 0 Å². The molecule has 0 bridgehead atoms. The first-order valence-electron chi connectivity index (χ1n) is 9.12. The average Bonchev–Trinajstić information content (AvgIpc) is 3.31. The van der Waals surface area contributed by atoms with Crippen LogP contribution >= 0.6 is 23.1 Å². The highest BCUT2D eigenvalue weighted by Gasteiger charge is 2.14. The first-order chi connectivity index (χ1) is 12.4. The number of hydrogen-bond donors (Lipinski definition) is 2. The minimum Gasteiger partial charge on any atom is -0.379 e. The molecule has 2 heterocycles. The fourth-order valence-corrected chi connectivity index (χ4v) is 4.04. The lowest BCUT2D eigenvalue weighted by molar-refractivity contribution is 0.0168. The summed E-state index contributed by atoms with van der Waals surface area (Å²) in [5, 5.41) is 8.66. The Morgan fingerprint density at radius 1 is 1.48 bits per heavy atom. The Morgan fingerprint density at radius 2 is 2.44 bits per heavy atom. The first-order valence-corrected chi connectivity index (χ1v) is 11.0. The van der Waals surface area contributed by atoms with Crippen LogP contribution in [0.3, 0.4) is 0 Å². The second-order valence-corrected chi connectivity index (χ2v) is 7.99. The number of thioether (sulfide) groups is 1. The van der Waals surface area contributed by atoms with Gasteiger partial charge in [-0.3, -0.25) is 4.99 Å². The van der Waals surface area contributed by atoms with E-state index in [1.54, 1.807) is 23.1 Å². The van der Waals surface area contributed by atoms with Crippen LogP contribution < -0.4 is 10.6 Å². The van der Waals surface area contributed by atoms with E-state index in [-0.39, 0.29) is 0 Å². The third-order valence-corrected chi connectivity index (χ3v) is 5.69. The molecule has 0 spiro atoms. The minimum absolute atomic E-state index is 0.314. The normalized spacial score (nSPS) is 17.8. The molecule has 6 nitrogen and oxygen atoms in total. The number of aliphatic imine (C=N–C) groups is 1. The average molecular weight is 387 g/mol. The lowest BCUT2D eigenvalue weighted by Crippen LogP contribution is -2.38. The Labute approximate surface area is 159 Å². The van der Waals surface area contributed by atoms with Gasteiger partial charge in [0.25, 0.3) is 0 Å². The second kappa shape index (κ2) is 13.4. The summed E-state index contributed by atoms with van der Waals surface area (Å²) in [6.07, 6.45) is 6.48. The summed E-state index contributed by atoms with van der Waals surface area (Å²) < 4.78 is 12.4. The van der Waals surface area contributed by atoms with Gasteiger partial charge < -0.3 is 20.1 Å². The Kier molecular flexibility index (Phi) is 11.0. The van der Waals surface area contributed by atoms with Crippen molar-refractivity contribution in [2.24, 2.45) is 4.99 Å². The SMILES string of the molecule is CCNC(=NCCCSc1nccs1)NCCCOCC1CCCO1. The van der Waals surface area contributed by atoms with E-state index in [4.69, 9.17) is 9.47 Å². The molecule has 1 aromatic heterocycles. The van der Waals surface area contributed by atoms with Crippen LogP contribution in [0.5, 0.6) is 0 Å². The maximum absolute atomic E-state index is 5.67. The van der Waals surface area contributed by atoms with Gasteiger partial charge in [-0.05, 0) is 32.6 Å². The van der Waals surface area contributed by atoms with Crippen LogP contribution in [-0.2, 0) is 9.47 Å². The van der Waals surface area contributed by atoms with Crippen molar-refractivity contribution in [3.63, 3.8) is 0 Å². The number of thiazole rings is 1. The molecule has 1 unspecified atom stereocenters. The fourth-order valence-electron chi connectivity index (χ4n) is 2.41. The van der Waals surface area contributed by atoms with Crippen LogP contribution in [-0.4, -0.2) is 62.3 Å². The maximum Gasteiger partial charge on any atom is 0.191 e. The van der Waals surface area contributed by atoms with Gasteiger partial charge in [-0.2, -0.15) is 0 Å². The third kappa shape index (κ3) is 9.44. The highest BCUT2D eigenvalue weighted by Crippen LogP contribution is 2.20. The van der Waals surface area contributed by atoms with E-state index < -0.39 is 0 Å². The number of ether oxygens (including phenoxy) is 2. The lowest BCUT2D eigenvalue weighted by Gasteiger charge is -2.12. The molecule has 0 amide bonds. The van der Waals surface area contributed by atoms with Gasteiger partial charge in [0, 0.05) is 50.2 Å². The predicted molar refractivity (Wildman–Crippen MR) is 106 cm³/mol.